The molecular weight excluding hydrogens is 234 g/mol. The van der Waals surface area contributed by atoms with E-state index in [0.29, 0.717) is 0 Å². The van der Waals surface area contributed by atoms with Crippen LogP contribution in [-0.2, 0) is 0 Å². The maximum Gasteiger partial charge on any atom is 0.0645 e. The van der Waals surface area contributed by atoms with Gasteiger partial charge in [-0.05, 0) is 50.6 Å². The molecule has 2 aromatic rings. The van der Waals surface area contributed by atoms with Gasteiger partial charge in [-0.2, -0.15) is 0 Å². The molecule has 0 spiro atoms. The van der Waals surface area contributed by atoms with E-state index >= 15 is 0 Å². The molecule has 1 aromatic heterocycles. The summed E-state index contributed by atoms with van der Waals surface area (Å²) in [7, 11) is 4.12. The fraction of sp³-hybridized carbons (Fsp3) is 0.375. The molecule has 3 nitrogen and oxygen atoms in total. The maximum absolute atomic E-state index is 3.53. The van der Waals surface area contributed by atoms with Gasteiger partial charge in [-0.25, -0.2) is 0 Å². The lowest BCUT2D eigenvalue weighted by Crippen LogP contribution is -2.21. The first-order valence-corrected chi connectivity index (χ1v) is 6.68. The average Bonchev–Trinajstić information content (AvgIpc) is 2.70. The molecular formula is C16H23N3. The van der Waals surface area contributed by atoms with Crippen LogP contribution >= 0.6 is 0 Å². The van der Waals surface area contributed by atoms with Crippen molar-refractivity contribution in [2.75, 3.05) is 24.4 Å². The summed E-state index contributed by atoms with van der Waals surface area (Å²) in [6.45, 7) is 6.41. The van der Waals surface area contributed by atoms with Crippen molar-refractivity contribution in [3.63, 3.8) is 0 Å². The first-order chi connectivity index (χ1) is 8.99. The fourth-order valence-electron chi connectivity index (χ4n) is 2.20. The highest BCUT2D eigenvalue weighted by Crippen LogP contribution is 2.19. The Kier molecular flexibility index (Phi) is 3.84. The van der Waals surface area contributed by atoms with Crippen molar-refractivity contribution in [2.45, 2.75) is 26.8 Å². The van der Waals surface area contributed by atoms with Gasteiger partial charge in [0.2, 0.25) is 0 Å². The lowest BCUT2D eigenvalue weighted by molar-refractivity contribution is 0.699. The monoisotopic (exact) mass is 257 g/mol. The number of rotatable bonds is 4. The van der Waals surface area contributed by atoms with Crippen LogP contribution in [0, 0.1) is 13.8 Å². The summed E-state index contributed by atoms with van der Waals surface area (Å²) in [4.78, 5) is 2.11. The number of nitrogens with zero attached hydrogens (tertiary/aromatic N) is 2. The predicted octanol–water partition coefficient (Wildman–Crippen LogP) is 3.48. The normalized spacial score (nSPS) is 12.3. The molecule has 0 aliphatic rings. The summed E-state index contributed by atoms with van der Waals surface area (Å²) in [5.74, 6) is 0. The van der Waals surface area contributed by atoms with E-state index in [4.69, 9.17) is 0 Å². The van der Waals surface area contributed by atoms with E-state index in [1.807, 2.05) is 0 Å². The van der Waals surface area contributed by atoms with E-state index < -0.39 is 0 Å². The van der Waals surface area contributed by atoms with Crippen molar-refractivity contribution in [3.05, 3.63) is 53.3 Å². The third-order valence-corrected chi connectivity index (χ3v) is 3.50. The van der Waals surface area contributed by atoms with Crippen LogP contribution in [0.3, 0.4) is 0 Å². The van der Waals surface area contributed by atoms with Crippen LogP contribution in [0.4, 0.5) is 5.69 Å². The highest BCUT2D eigenvalue weighted by Gasteiger charge is 2.08. The molecule has 3 heteroatoms. The van der Waals surface area contributed by atoms with Crippen molar-refractivity contribution < 1.29 is 0 Å². The second-order valence-corrected chi connectivity index (χ2v) is 5.29. The Morgan fingerprint density at radius 2 is 1.47 bits per heavy atom. The van der Waals surface area contributed by atoms with Gasteiger partial charge in [0, 0.05) is 31.2 Å². The van der Waals surface area contributed by atoms with Gasteiger partial charge in [0.1, 0.15) is 0 Å². The van der Waals surface area contributed by atoms with Gasteiger partial charge >= 0.3 is 0 Å². The van der Waals surface area contributed by atoms with Gasteiger partial charge in [0.25, 0.3) is 0 Å². The van der Waals surface area contributed by atoms with Gasteiger partial charge in [-0.3, -0.25) is 4.68 Å². The summed E-state index contributed by atoms with van der Waals surface area (Å²) in [6.07, 6.45) is 0. The fourth-order valence-corrected chi connectivity index (χ4v) is 2.20. The second-order valence-electron chi connectivity index (χ2n) is 5.29. The third kappa shape index (κ3) is 2.92. The largest absolute Gasteiger partial charge is 0.378 e. The molecule has 0 aliphatic carbocycles. The molecule has 0 saturated carbocycles. The molecule has 0 bridgehead atoms. The standard InChI is InChI=1S/C16H23N3/c1-12-6-7-13(2)19(12)17-14(3)15-8-10-16(11-9-15)18(4)5/h6-11,14,17H,1-5H3. The highest BCUT2D eigenvalue weighted by molar-refractivity contribution is 5.46. The first-order valence-electron chi connectivity index (χ1n) is 6.68. The zero-order valence-electron chi connectivity index (χ0n) is 12.4. The van der Waals surface area contributed by atoms with Crippen LogP contribution in [0.5, 0.6) is 0 Å². The minimum atomic E-state index is 0.279. The van der Waals surface area contributed by atoms with Gasteiger partial charge in [0.15, 0.2) is 0 Å². The van der Waals surface area contributed by atoms with E-state index in [2.05, 4.69) is 86.3 Å². The lowest BCUT2D eigenvalue weighted by Gasteiger charge is -2.21. The molecule has 2 rings (SSSR count). The SMILES string of the molecule is Cc1ccc(C)n1NC(C)c1ccc(N(C)C)cc1. The highest BCUT2D eigenvalue weighted by atomic mass is 15.4. The van der Waals surface area contributed by atoms with Crippen LogP contribution in [0.15, 0.2) is 36.4 Å². The molecule has 0 fully saturated rings. The van der Waals surface area contributed by atoms with Crippen LogP contribution in [0.25, 0.3) is 0 Å². The van der Waals surface area contributed by atoms with E-state index in [9.17, 15) is 0 Å². The minimum absolute atomic E-state index is 0.279. The molecule has 19 heavy (non-hydrogen) atoms. The molecule has 0 aliphatic heterocycles. The Labute approximate surface area is 115 Å². The number of hydrogen-bond acceptors (Lipinski definition) is 2. The molecule has 1 unspecified atom stereocenters. The van der Waals surface area contributed by atoms with Crippen molar-refractivity contribution in [1.29, 1.82) is 0 Å². The number of benzene rings is 1. The third-order valence-electron chi connectivity index (χ3n) is 3.50. The number of hydrogen-bond donors (Lipinski definition) is 1. The van der Waals surface area contributed by atoms with Crippen molar-refractivity contribution in [2.24, 2.45) is 0 Å². The van der Waals surface area contributed by atoms with Gasteiger partial charge in [-0.15, -0.1) is 0 Å². The second kappa shape index (κ2) is 5.39. The Hall–Kier alpha value is -1.90. The molecule has 1 aromatic carbocycles. The summed E-state index contributed by atoms with van der Waals surface area (Å²) in [5, 5.41) is 0. The Morgan fingerprint density at radius 3 is 1.95 bits per heavy atom. The Balaban J connectivity index is 2.14. The zero-order chi connectivity index (χ0) is 14.0. The molecule has 102 valence electrons. The summed E-state index contributed by atoms with van der Waals surface area (Å²) < 4.78 is 2.14. The van der Waals surface area contributed by atoms with E-state index in [0.717, 1.165) is 0 Å². The summed E-state index contributed by atoms with van der Waals surface area (Å²) >= 11 is 0. The summed E-state index contributed by atoms with van der Waals surface area (Å²) in [5.41, 5.74) is 8.50. The van der Waals surface area contributed by atoms with Crippen LogP contribution < -0.4 is 10.3 Å². The van der Waals surface area contributed by atoms with E-state index in [-0.39, 0.29) is 6.04 Å². The van der Waals surface area contributed by atoms with Crippen LogP contribution in [0.1, 0.15) is 29.9 Å². The lowest BCUT2D eigenvalue weighted by atomic mass is 10.1. The van der Waals surface area contributed by atoms with Gasteiger partial charge < -0.3 is 10.3 Å². The van der Waals surface area contributed by atoms with Crippen molar-refractivity contribution in [1.82, 2.24) is 4.68 Å². The number of anilines is 1. The Bertz CT molecular complexity index is 518. The van der Waals surface area contributed by atoms with Crippen LogP contribution in [-0.4, -0.2) is 18.8 Å². The summed E-state index contributed by atoms with van der Waals surface area (Å²) in [6, 6.07) is 13.2. The minimum Gasteiger partial charge on any atom is -0.378 e. The molecule has 0 saturated heterocycles. The Morgan fingerprint density at radius 1 is 0.947 bits per heavy atom. The van der Waals surface area contributed by atoms with E-state index in [1.54, 1.807) is 0 Å². The first kappa shape index (κ1) is 13.5. The molecule has 0 amide bonds. The smallest absolute Gasteiger partial charge is 0.0645 e. The predicted molar refractivity (Wildman–Crippen MR) is 82.5 cm³/mol. The van der Waals surface area contributed by atoms with Crippen LogP contribution in [0.2, 0.25) is 0 Å². The maximum atomic E-state index is 3.53. The van der Waals surface area contributed by atoms with Gasteiger partial charge in [0.05, 0.1) is 6.04 Å². The zero-order valence-corrected chi connectivity index (χ0v) is 12.4. The molecule has 1 atom stereocenters. The number of aromatic nitrogens is 1. The quantitative estimate of drug-likeness (QED) is 0.905. The molecule has 1 heterocycles. The van der Waals surface area contributed by atoms with Crippen molar-refractivity contribution >= 4 is 5.69 Å². The topological polar surface area (TPSA) is 20.2 Å². The van der Waals surface area contributed by atoms with Crippen molar-refractivity contribution in [3.8, 4) is 0 Å². The molecule has 0 radical (unpaired) electrons. The number of nitrogens with one attached hydrogen (secondary N) is 1. The van der Waals surface area contributed by atoms with Gasteiger partial charge in [-0.1, -0.05) is 12.1 Å². The average molecular weight is 257 g/mol. The van der Waals surface area contributed by atoms with E-state index in [1.165, 1.54) is 22.6 Å². The number of aryl methyl sites for hydroxylation is 2. The molecule has 1 N–H and O–H groups in total.